The molecule has 0 aliphatic carbocycles. The summed E-state index contributed by atoms with van der Waals surface area (Å²) < 4.78 is 11.1. The number of rotatable bonds is 8. The van der Waals surface area contributed by atoms with Crippen molar-refractivity contribution in [1.29, 1.82) is 0 Å². The van der Waals surface area contributed by atoms with Crippen molar-refractivity contribution in [3.05, 3.63) is 64.7 Å². The van der Waals surface area contributed by atoms with Crippen LogP contribution in [0.5, 0.6) is 5.75 Å². The first kappa shape index (κ1) is 20.6. The van der Waals surface area contributed by atoms with Gasteiger partial charge in [-0.25, -0.2) is 0 Å². The highest BCUT2D eigenvalue weighted by Crippen LogP contribution is 2.17. The summed E-state index contributed by atoms with van der Waals surface area (Å²) >= 11 is 5.95. The van der Waals surface area contributed by atoms with Crippen molar-refractivity contribution in [3.8, 4) is 5.75 Å². The summed E-state index contributed by atoms with van der Waals surface area (Å²) in [4.78, 5) is 16.8. The molecule has 28 heavy (non-hydrogen) atoms. The third-order valence-corrected chi connectivity index (χ3v) is 4.97. The molecule has 0 atom stereocenters. The van der Waals surface area contributed by atoms with Crippen LogP contribution in [0.1, 0.15) is 22.3 Å². The quantitative estimate of drug-likeness (QED) is 0.631. The van der Waals surface area contributed by atoms with E-state index in [-0.39, 0.29) is 5.91 Å². The SMILES string of the molecule is CN(CCCOc1cccc(Cl)c1)C(=O)c1cccc(CN2CCOCC2)c1. The summed E-state index contributed by atoms with van der Waals surface area (Å²) in [5.74, 6) is 0.781. The molecule has 0 bridgehead atoms. The van der Waals surface area contributed by atoms with Crippen LogP contribution in [-0.2, 0) is 11.3 Å². The number of ether oxygens (including phenoxy) is 2. The Bertz CT molecular complexity index is 778. The Kier molecular flexibility index (Phi) is 7.71. The minimum atomic E-state index is 0.0339. The Morgan fingerprint density at radius 1 is 1.18 bits per heavy atom. The van der Waals surface area contributed by atoms with Gasteiger partial charge in [0, 0.05) is 43.8 Å². The van der Waals surface area contributed by atoms with E-state index < -0.39 is 0 Å². The Labute approximate surface area is 171 Å². The monoisotopic (exact) mass is 402 g/mol. The van der Waals surface area contributed by atoms with Crippen LogP contribution in [0.3, 0.4) is 0 Å². The number of carbonyl (C=O) groups is 1. The predicted molar refractivity (Wildman–Crippen MR) is 111 cm³/mol. The number of morpholine rings is 1. The molecule has 0 spiro atoms. The van der Waals surface area contributed by atoms with Crippen molar-refractivity contribution < 1.29 is 14.3 Å². The molecule has 1 fully saturated rings. The van der Waals surface area contributed by atoms with Crippen LogP contribution in [0.4, 0.5) is 0 Å². The van der Waals surface area contributed by atoms with Crippen molar-refractivity contribution in [2.24, 2.45) is 0 Å². The maximum absolute atomic E-state index is 12.7. The molecule has 1 aliphatic rings. The second-order valence-electron chi connectivity index (χ2n) is 6.97. The minimum absolute atomic E-state index is 0.0339. The molecule has 0 radical (unpaired) electrons. The van der Waals surface area contributed by atoms with Gasteiger partial charge in [-0.2, -0.15) is 0 Å². The van der Waals surface area contributed by atoms with E-state index in [1.807, 2.05) is 43.4 Å². The molecule has 0 saturated carbocycles. The Morgan fingerprint density at radius 2 is 1.96 bits per heavy atom. The van der Waals surface area contributed by atoms with Crippen molar-refractivity contribution in [1.82, 2.24) is 9.80 Å². The zero-order chi connectivity index (χ0) is 19.8. The molecular formula is C22H27ClN2O3. The Balaban J connectivity index is 1.46. The van der Waals surface area contributed by atoms with Crippen LogP contribution >= 0.6 is 11.6 Å². The lowest BCUT2D eigenvalue weighted by atomic mass is 10.1. The molecule has 0 N–H and O–H groups in total. The molecule has 6 heteroatoms. The topological polar surface area (TPSA) is 42.0 Å². The van der Waals surface area contributed by atoms with Gasteiger partial charge >= 0.3 is 0 Å². The van der Waals surface area contributed by atoms with Gasteiger partial charge in [0.1, 0.15) is 5.75 Å². The first-order valence-electron chi connectivity index (χ1n) is 9.65. The second-order valence-corrected chi connectivity index (χ2v) is 7.41. The van der Waals surface area contributed by atoms with Crippen LogP contribution < -0.4 is 4.74 Å². The smallest absolute Gasteiger partial charge is 0.253 e. The summed E-state index contributed by atoms with van der Waals surface area (Å²) in [6.07, 6.45) is 0.752. The molecule has 150 valence electrons. The Hall–Kier alpha value is -2.08. The average Bonchev–Trinajstić information content (AvgIpc) is 2.71. The average molecular weight is 403 g/mol. The van der Waals surface area contributed by atoms with E-state index in [2.05, 4.69) is 11.0 Å². The van der Waals surface area contributed by atoms with Crippen molar-refractivity contribution in [2.75, 3.05) is 46.5 Å². The maximum atomic E-state index is 12.7. The maximum Gasteiger partial charge on any atom is 0.253 e. The number of amides is 1. The van der Waals surface area contributed by atoms with Crippen LogP contribution in [0.25, 0.3) is 0 Å². The van der Waals surface area contributed by atoms with Crippen molar-refractivity contribution in [2.45, 2.75) is 13.0 Å². The van der Waals surface area contributed by atoms with Crippen molar-refractivity contribution >= 4 is 17.5 Å². The van der Waals surface area contributed by atoms with Crippen LogP contribution in [-0.4, -0.2) is 62.2 Å². The second kappa shape index (κ2) is 10.5. The lowest BCUT2D eigenvalue weighted by molar-refractivity contribution is 0.0341. The van der Waals surface area contributed by atoms with E-state index in [0.29, 0.717) is 18.2 Å². The summed E-state index contributed by atoms with van der Waals surface area (Å²) in [7, 11) is 1.83. The third kappa shape index (κ3) is 6.23. The van der Waals surface area contributed by atoms with Gasteiger partial charge in [-0.15, -0.1) is 0 Å². The Morgan fingerprint density at radius 3 is 2.75 bits per heavy atom. The van der Waals surface area contributed by atoms with E-state index in [1.54, 1.807) is 11.0 Å². The standard InChI is InChI=1S/C22H27ClN2O3/c1-24(9-4-12-28-21-8-3-7-20(23)16-21)22(26)19-6-2-5-18(15-19)17-25-10-13-27-14-11-25/h2-3,5-8,15-16H,4,9-14,17H2,1H3. The fourth-order valence-corrected chi connectivity index (χ4v) is 3.37. The highest BCUT2D eigenvalue weighted by Gasteiger charge is 2.14. The van der Waals surface area contributed by atoms with Crippen LogP contribution in [0.2, 0.25) is 5.02 Å². The molecule has 3 rings (SSSR count). The number of carbonyl (C=O) groups excluding carboxylic acids is 1. The van der Waals surface area contributed by atoms with Gasteiger partial charge in [0.25, 0.3) is 5.91 Å². The van der Waals surface area contributed by atoms with Gasteiger partial charge in [0.15, 0.2) is 0 Å². The largest absolute Gasteiger partial charge is 0.493 e. The van der Waals surface area contributed by atoms with Gasteiger partial charge in [0.05, 0.1) is 19.8 Å². The molecule has 0 unspecified atom stereocenters. The molecule has 2 aromatic rings. The van der Waals surface area contributed by atoms with Gasteiger partial charge in [-0.05, 0) is 42.3 Å². The minimum Gasteiger partial charge on any atom is -0.493 e. The van der Waals surface area contributed by atoms with Crippen LogP contribution in [0.15, 0.2) is 48.5 Å². The number of nitrogens with zero attached hydrogens (tertiary/aromatic N) is 2. The van der Waals surface area contributed by atoms with E-state index in [4.69, 9.17) is 21.1 Å². The molecule has 1 saturated heterocycles. The van der Waals surface area contributed by atoms with E-state index in [0.717, 1.165) is 56.1 Å². The van der Waals surface area contributed by atoms with Gasteiger partial charge in [0.2, 0.25) is 0 Å². The zero-order valence-corrected chi connectivity index (χ0v) is 17.0. The first-order chi connectivity index (χ1) is 13.6. The first-order valence-corrected chi connectivity index (χ1v) is 10.0. The van der Waals surface area contributed by atoms with E-state index >= 15 is 0 Å². The fourth-order valence-electron chi connectivity index (χ4n) is 3.19. The zero-order valence-electron chi connectivity index (χ0n) is 16.3. The lowest BCUT2D eigenvalue weighted by Crippen LogP contribution is -2.35. The predicted octanol–water partition coefficient (Wildman–Crippen LogP) is 3.71. The number of benzene rings is 2. The summed E-state index contributed by atoms with van der Waals surface area (Å²) in [6.45, 7) is 5.44. The van der Waals surface area contributed by atoms with Gasteiger partial charge in [-0.3, -0.25) is 9.69 Å². The summed E-state index contributed by atoms with van der Waals surface area (Å²) in [5, 5.41) is 0.654. The number of hydrogen-bond acceptors (Lipinski definition) is 4. The third-order valence-electron chi connectivity index (χ3n) is 4.73. The number of halogens is 1. The highest BCUT2D eigenvalue weighted by molar-refractivity contribution is 6.30. The van der Waals surface area contributed by atoms with Gasteiger partial charge in [-0.1, -0.05) is 29.8 Å². The van der Waals surface area contributed by atoms with Crippen molar-refractivity contribution in [3.63, 3.8) is 0 Å². The normalized spacial score (nSPS) is 14.6. The molecule has 2 aromatic carbocycles. The van der Waals surface area contributed by atoms with E-state index in [1.165, 1.54) is 0 Å². The molecule has 5 nitrogen and oxygen atoms in total. The fraction of sp³-hybridized carbons (Fsp3) is 0.409. The summed E-state index contributed by atoms with van der Waals surface area (Å²) in [5.41, 5.74) is 1.88. The molecule has 1 aliphatic heterocycles. The lowest BCUT2D eigenvalue weighted by Gasteiger charge is -2.26. The van der Waals surface area contributed by atoms with E-state index in [9.17, 15) is 4.79 Å². The van der Waals surface area contributed by atoms with Crippen LogP contribution in [0, 0.1) is 0 Å². The molecule has 1 heterocycles. The highest BCUT2D eigenvalue weighted by atomic mass is 35.5. The van der Waals surface area contributed by atoms with Gasteiger partial charge < -0.3 is 14.4 Å². The molecule has 0 aromatic heterocycles. The molecule has 1 amide bonds. The number of hydrogen-bond donors (Lipinski definition) is 0. The molecular weight excluding hydrogens is 376 g/mol. The summed E-state index contributed by atoms with van der Waals surface area (Å²) in [6, 6.07) is 15.2.